The maximum absolute atomic E-state index is 12.7. The molecule has 3 N–H and O–H groups in total. The van der Waals surface area contributed by atoms with Crippen LogP contribution < -0.4 is 14.8 Å². The van der Waals surface area contributed by atoms with Gasteiger partial charge in [-0.15, -0.1) is 0 Å². The maximum Gasteiger partial charge on any atom is 0.412 e. The molecule has 0 fully saturated rings. The van der Waals surface area contributed by atoms with Crippen LogP contribution in [0.4, 0.5) is 10.5 Å². The molecule has 3 rings (SSSR count). The molecule has 0 radical (unpaired) electrons. The molecule has 0 aromatic heterocycles. The fraction of sp³-hybridized carbons (Fsp3) is 0.238. The lowest BCUT2D eigenvalue weighted by Gasteiger charge is -2.26. The number of rotatable bonds is 8. The number of anilines is 1. The summed E-state index contributed by atoms with van der Waals surface area (Å²) < 4.78 is 22.7. The van der Waals surface area contributed by atoms with Gasteiger partial charge in [-0.1, -0.05) is 15.9 Å². The average molecular weight is 573 g/mol. The second-order valence-corrected chi connectivity index (χ2v) is 8.23. The highest BCUT2D eigenvalue weighted by atomic mass is 79.9. The van der Waals surface area contributed by atoms with Gasteiger partial charge in [0.25, 0.3) is 0 Å². The van der Waals surface area contributed by atoms with Gasteiger partial charge in [0.05, 0.1) is 4.47 Å². The minimum Gasteiger partial charge on any atom is -0.506 e. The molecule has 0 spiro atoms. The normalized spacial score (nSPS) is 14.2. The van der Waals surface area contributed by atoms with Crippen molar-refractivity contribution in [1.29, 1.82) is 0 Å². The zero-order valence-corrected chi connectivity index (χ0v) is 19.9. The fourth-order valence-electron chi connectivity index (χ4n) is 2.96. The van der Waals surface area contributed by atoms with Crippen molar-refractivity contribution >= 4 is 49.6 Å². The van der Waals surface area contributed by atoms with Crippen molar-refractivity contribution in [2.75, 3.05) is 18.7 Å². The van der Waals surface area contributed by atoms with E-state index in [1.807, 2.05) is 0 Å². The van der Waals surface area contributed by atoms with Gasteiger partial charge < -0.3 is 29.2 Å². The number of carbonyl (C=O) groups excluding carboxylic acids is 1. The summed E-state index contributed by atoms with van der Waals surface area (Å²) in [6.45, 7) is 2.00. The molecule has 32 heavy (non-hydrogen) atoms. The fourth-order valence-corrected chi connectivity index (χ4v) is 4.22. The molecule has 1 aliphatic rings. The number of aromatic hydroxyl groups is 1. The number of carboxylic acid groups (broad SMARTS) is 1. The monoisotopic (exact) mass is 571 g/mol. The van der Waals surface area contributed by atoms with E-state index in [4.69, 9.17) is 24.1 Å². The van der Waals surface area contributed by atoms with Crippen molar-refractivity contribution in [2.24, 2.45) is 0 Å². The number of benzene rings is 2. The second-order valence-electron chi connectivity index (χ2n) is 6.46. The van der Waals surface area contributed by atoms with Gasteiger partial charge in [-0.25, -0.2) is 9.59 Å². The van der Waals surface area contributed by atoms with E-state index in [1.165, 1.54) is 6.08 Å². The Bertz CT molecular complexity index is 1040. The Balaban J connectivity index is 1.90. The Morgan fingerprint density at radius 2 is 1.97 bits per heavy atom. The smallest absolute Gasteiger partial charge is 0.412 e. The van der Waals surface area contributed by atoms with Crippen LogP contribution in [0, 0.1) is 0 Å². The van der Waals surface area contributed by atoms with Crippen molar-refractivity contribution in [3.8, 4) is 17.2 Å². The first kappa shape index (κ1) is 23.9. The predicted molar refractivity (Wildman–Crippen MR) is 121 cm³/mol. The molecule has 0 unspecified atom stereocenters. The van der Waals surface area contributed by atoms with E-state index in [9.17, 15) is 14.7 Å². The first-order valence-electron chi connectivity index (χ1n) is 9.36. The third-order valence-corrected chi connectivity index (χ3v) is 5.37. The number of carboxylic acids is 1. The Morgan fingerprint density at radius 3 is 2.69 bits per heavy atom. The molecule has 0 bridgehead atoms. The number of phenolic OH excluding ortho intramolecular Hbond substituents is 1. The minimum atomic E-state index is -1.20. The van der Waals surface area contributed by atoms with Crippen LogP contribution in [0.1, 0.15) is 18.6 Å². The van der Waals surface area contributed by atoms with E-state index in [-0.39, 0.29) is 24.7 Å². The lowest BCUT2D eigenvalue weighted by Crippen LogP contribution is -2.28. The van der Waals surface area contributed by atoms with Gasteiger partial charge in [-0.3, -0.25) is 5.32 Å². The summed E-state index contributed by atoms with van der Waals surface area (Å²) in [5.41, 5.74) is 0.604. The van der Waals surface area contributed by atoms with E-state index in [1.54, 1.807) is 37.3 Å². The number of hydrogen-bond acceptors (Lipinski definition) is 7. The van der Waals surface area contributed by atoms with Gasteiger partial charge in [0, 0.05) is 34.5 Å². The van der Waals surface area contributed by atoms with Crippen molar-refractivity contribution in [2.45, 2.75) is 19.1 Å². The molecule has 2 atom stereocenters. The van der Waals surface area contributed by atoms with Crippen LogP contribution in [-0.2, 0) is 14.3 Å². The van der Waals surface area contributed by atoms with Gasteiger partial charge in [0.15, 0.2) is 17.6 Å². The van der Waals surface area contributed by atoms with Crippen molar-refractivity contribution < 1.29 is 38.7 Å². The quantitative estimate of drug-likeness (QED) is 0.378. The number of amides is 1. The Morgan fingerprint density at radius 1 is 1.22 bits per heavy atom. The zero-order valence-electron chi connectivity index (χ0n) is 16.7. The number of carbonyl (C=O) groups is 2. The van der Waals surface area contributed by atoms with E-state index in [0.29, 0.717) is 26.1 Å². The molecule has 0 aliphatic carbocycles. The molecule has 1 aliphatic heterocycles. The number of phenols is 1. The molecule has 2 aromatic rings. The van der Waals surface area contributed by atoms with Crippen molar-refractivity contribution in [3.05, 3.63) is 57.0 Å². The maximum atomic E-state index is 12.7. The summed E-state index contributed by atoms with van der Waals surface area (Å²) in [6, 6.07) is 8.01. The van der Waals surface area contributed by atoms with Gasteiger partial charge in [0.1, 0.15) is 11.9 Å². The van der Waals surface area contributed by atoms with Crippen LogP contribution >= 0.6 is 31.9 Å². The first-order chi connectivity index (χ1) is 15.3. The molecular weight excluding hydrogens is 554 g/mol. The van der Waals surface area contributed by atoms with Crippen LogP contribution in [0.15, 0.2) is 51.4 Å². The SMILES string of the molecule is CCO[C@H](/C=C/C(=O)O)[C@H](OC(=O)Nc1ccc2c(c1)OCO2)c1cc(Br)cc(Br)c1O. The summed E-state index contributed by atoms with van der Waals surface area (Å²) >= 11 is 6.59. The van der Waals surface area contributed by atoms with E-state index in [2.05, 4.69) is 37.2 Å². The largest absolute Gasteiger partial charge is 0.506 e. The van der Waals surface area contributed by atoms with Crippen LogP contribution in [0.5, 0.6) is 17.2 Å². The molecule has 0 saturated heterocycles. The summed E-state index contributed by atoms with van der Waals surface area (Å²) in [5, 5.41) is 22.2. The van der Waals surface area contributed by atoms with Gasteiger partial charge >= 0.3 is 12.1 Å². The van der Waals surface area contributed by atoms with Crippen molar-refractivity contribution in [3.63, 3.8) is 0 Å². The van der Waals surface area contributed by atoms with Crippen LogP contribution in [0.2, 0.25) is 0 Å². The minimum absolute atomic E-state index is 0.0916. The number of aliphatic carboxylic acids is 1. The van der Waals surface area contributed by atoms with Crippen molar-refractivity contribution in [1.82, 2.24) is 0 Å². The predicted octanol–water partition coefficient (Wildman–Crippen LogP) is 4.98. The lowest BCUT2D eigenvalue weighted by atomic mass is 10.0. The standard InChI is InChI=1S/C21H19Br2NO8/c1-2-29-16(5-6-18(25)26)20(13-7-11(22)8-14(23)19(13)27)32-21(28)24-12-3-4-15-17(9-12)31-10-30-15/h3-9,16,20,27H,2,10H2,1H3,(H,24,28)(H,25,26)/b6-5+/t16-,20-/m1/s1. The van der Waals surface area contributed by atoms with E-state index < -0.39 is 24.3 Å². The molecule has 9 nitrogen and oxygen atoms in total. The number of nitrogens with one attached hydrogen (secondary N) is 1. The highest BCUT2D eigenvalue weighted by Gasteiger charge is 2.30. The van der Waals surface area contributed by atoms with E-state index in [0.717, 1.165) is 6.08 Å². The van der Waals surface area contributed by atoms with Gasteiger partial charge in [-0.2, -0.15) is 0 Å². The Kier molecular flexibility index (Phi) is 7.99. The topological polar surface area (TPSA) is 124 Å². The average Bonchev–Trinajstić information content (AvgIpc) is 3.20. The van der Waals surface area contributed by atoms with Gasteiger partial charge in [-0.05, 0) is 53.2 Å². The lowest BCUT2D eigenvalue weighted by molar-refractivity contribution is -0.131. The molecule has 0 saturated carbocycles. The number of fused-ring (bicyclic) bond motifs is 1. The highest BCUT2D eigenvalue weighted by Crippen LogP contribution is 2.39. The third kappa shape index (κ3) is 5.93. The molecular formula is C21H19Br2NO8. The second kappa shape index (κ2) is 10.7. The molecule has 1 amide bonds. The van der Waals surface area contributed by atoms with Gasteiger partial charge in [0.2, 0.25) is 6.79 Å². The van der Waals surface area contributed by atoms with E-state index >= 15 is 0 Å². The van der Waals surface area contributed by atoms with Crippen LogP contribution in [-0.4, -0.2) is 41.8 Å². The summed E-state index contributed by atoms with van der Waals surface area (Å²) in [5.74, 6) is -0.342. The molecule has 170 valence electrons. The molecule has 11 heteroatoms. The Labute approximate surface area is 200 Å². The van der Waals surface area contributed by atoms with Crippen LogP contribution in [0.25, 0.3) is 0 Å². The summed E-state index contributed by atoms with van der Waals surface area (Å²) in [6.07, 6.45) is -0.883. The summed E-state index contributed by atoms with van der Waals surface area (Å²) in [4.78, 5) is 23.8. The summed E-state index contributed by atoms with van der Waals surface area (Å²) in [7, 11) is 0. The highest BCUT2D eigenvalue weighted by molar-refractivity contribution is 9.11. The first-order valence-corrected chi connectivity index (χ1v) is 10.9. The zero-order chi connectivity index (χ0) is 23.3. The molecule has 2 aromatic carbocycles. The number of ether oxygens (including phenoxy) is 4. The third-order valence-electron chi connectivity index (χ3n) is 4.30. The number of halogens is 2. The molecule has 1 heterocycles. The Hall–Kier alpha value is -2.76. The number of hydrogen-bond donors (Lipinski definition) is 3. The van der Waals surface area contributed by atoms with Crippen LogP contribution in [0.3, 0.4) is 0 Å².